The molecule has 23 nitrogen and oxygen atoms in total. The van der Waals surface area contributed by atoms with Crippen LogP contribution in [-0.2, 0) is 42.8 Å². The van der Waals surface area contributed by atoms with Gasteiger partial charge in [0.05, 0.1) is 50.7 Å². The quantitative estimate of drug-likeness (QED) is 0.0207. The van der Waals surface area contributed by atoms with Gasteiger partial charge in [0.2, 0.25) is 11.8 Å². The zero-order valence-corrected chi connectivity index (χ0v) is 57.1. The Bertz CT molecular complexity index is 1930. The average Bonchev–Trinajstić information content (AvgIpc) is 0.765. The van der Waals surface area contributed by atoms with E-state index in [-0.39, 0.29) is 12.3 Å². The first-order chi connectivity index (χ1) is 44.9. The lowest BCUT2D eigenvalue weighted by Crippen LogP contribution is -2.70. The zero-order chi connectivity index (χ0) is 68.2. The van der Waals surface area contributed by atoms with Crippen molar-refractivity contribution in [2.75, 3.05) is 26.4 Å². The summed E-state index contributed by atoms with van der Waals surface area (Å²) in [6, 6.07) is -2.61. The number of aliphatic carboxylic acids is 1. The Balaban J connectivity index is 1.58. The molecule has 0 bridgehead atoms. The van der Waals surface area contributed by atoms with Crippen molar-refractivity contribution < 1.29 is 104 Å². The van der Waals surface area contributed by atoms with E-state index >= 15 is 0 Å². The van der Waals surface area contributed by atoms with E-state index in [1.807, 2.05) is 6.08 Å². The van der Waals surface area contributed by atoms with Crippen LogP contribution >= 0.6 is 0 Å². The fraction of sp³-hybridized carbons (Fsp3) is 0.929. The molecule has 3 heterocycles. The van der Waals surface area contributed by atoms with Gasteiger partial charge in [-0.1, -0.05) is 251 Å². The SMILES string of the molecule is CCCCCCCCCCCCCCCCCCC/C=C/C(O)C(COC1OC(CO)C(OC2OC(CO)C(O)C(OC3(C(=O)O)CC(O)C(NC(C)=O)C(C(O)C(O)CO)O3)C2O)C(O)C1O)NC(=O)CCCCCCCCCCCCCCCCCCCCCC. The highest BCUT2D eigenvalue weighted by molar-refractivity contribution is 5.77. The van der Waals surface area contributed by atoms with E-state index in [1.54, 1.807) is 6.08 Å². The molecule has 546 valence electrons. The lowest BCUT2D eigenvalue weighted by molar-refractivity contribution is -0.386. The first-order valence-electron chi connectivity index (χ1n) is 36.6. The molecule has 18 atom stereocenters. The van der Waals surface area contributed by atoms with Crippen LogP contribution in [0.25, 0.3) is 0 Å². The van der Waals surface area contributed by atoms with Crippen molar-refractivity contribution in [2.45, 2.75) is 387 Å². The first-order valence-corrected chi connectivity index (χ1v) is 36.6. The van der Waals surface area contributed by atoms with Crippen LogP contribution in [0.1, 0.15) is 278 Å². The van der Waals surface area contributed by atoms with Gasteiger partial charge in [-0.05, 0) is 19.3 Å². The molecule has 3 fully saturated rings. The van der Waals surface area contributed by atoms with Crippen LogP contribution in [0.3, 0.4) is 0 Å². The smallest absolute Gasteiger partial charge is 0.364 e. The molecule has 0 aromatic rings. The van der Waals surface area contributed by atoms with Gasteiger partial charge < -0.3 is 100 Å². The van der Waals surface area contributed by atoms with Gasteiger partial charge in [0.25, 0.3) is 5.79 Å². The Hall–Kier alpha value is -2.53. The van der Waals surface area contributed by atoms with E-state index in [0.717, 1.165) is 51.9 Å². The maximum Gasteiger partial charge on any atom is 0.364 e. The van der Waals surface area contributed by atoms with Crippen molar-refractivity contribution >= 4 is 17.8 Å². The fourth-order valence-electron chi connectivity index (χ4n) is 12.9. The van der Waals surface area contributed by atoms with E-state index in [4.69, 9.17) is 28.4 Å². The predicted molar refractivity (Wildman–Crippen MR) is 352 cm³/mol. The van der Waals surface area contributed by atoms with Crippen molar-refractivity contribution in [2.24, 2.45) is 0 Å². The van der Waals surface area contributed by atoms with Crippen LogP contribution in [0.2, 0.25) is 0 Å². The van der Waals surface area contributed by atoms with Crippen LogP contribution in [0.4, 0.5) is 0 Å². The molecule has 23 heteroatoms. The molecule has 0 aromatic heterocycles. The standard InChI is InChI=1S/C70H130N2O21/c1-4-6-8-10-12-14-16-18-20-22-24-26-28-30-32-34-36-38-40-42-44-57(80)72-51(52(77)43-41-39-37-35-33-31-29-27-25-23-21-19-17-15-13-11-9-7-5-2)49-88-67-62(84)61(83)64(56(48-75)90-67)91-68-63(85)66(60(82)55(47-74)89-68)93-70(69(86)87)45-53(78)58(71-50(3)76)65(92-70)59(81)54(79)46-73/h41,43,51-56,58-68,73-75,77-79,81-85H,4-40,42,44-49H2,1-3H3,(H,71,76)(H,72,80)(H,86,87)/b43-41+. The van der Waals surface area contributed by atoms with Gasteiger partial charge in [-0.25, -0.2) is 4.79 Å². The molecule has 3 aliphatic heterocycles. The lowest BCUT2D eigenvalue weighted by atomic mass is 9.88. The number of amides is 2. The van der Waals surface area contributed by atoms with Crippen molar-refractivity contribution in [3.63, 3.8) is 0 Å². The monoisotopic (exact) mass is 1330 g/mol. The molecule has 3 saturated heterocycles. The second kappa shape index (κ2) is 50.7. The van der Waals surface area contributed by atoms with E-state index in [9.17, 15) is 75.7 Å². The van der Waals surface area contributed by atoms with E-state index in [2.05, 4.69) is 24.5 Å². The van der Waals surface area contributed by atoms with Crippen molar-refractivity contribution in [3.05, 3.63) is 12.2 Å². The maximum absolute atomic E-state index is 13.5. The normalized spacial score (nSPS) is 28.1. The summed E-state index contributed by atoms with van der Waals surface area (Å²) in [7, 11) is 0. The largest absolute Gasteiger partial charge is 0.477 e. The van der Waals surface area contributed by atoms with Crippen LogP contribution in [-0.4, -0.2) is 215 Å². The topological polar surface area (TPSA) is 373 Å². The number of allylic oxidation sites excluding steroid dienone is 1. The number of aliphatic hydroxyl groups is 11. The van der Waals surface area contributed by atoms with E-state index < -0.39 is 155 Å². The Kier molecular flexibility index (Phi) is 46.2. The van der Waals surface area contributed by atoms with Gasteiger partial charge in [-0.15, -0.1) is 0 Å². The van der Waals surface area contributed by atoms with Crippen LogP contribution in [0.15, 0.2) is 12.2 Å². The molecule has 3 aliphatic rings. The Morgan fingerprint density at radius 3 is 1.43 bits per heavy atom. The molecular weight excluding hydrogens is 1200 g/mol. The van der Waals surface area contributed by atoms with Gasteiger partial charge in [0.15, 0.2) is 12.6 Å². The zero-order valence-electron chi connectivity index (χ0n) is 57.1. The first kappa shape index (κ1) is 84.7. The number of aliphatic hydroxyl groups excluding tert-OH is 11. The van der Waals surface area contributed by atoms with Crippen molar-refractivity contribution in [1.82, 2.24) is 10.6 Å². The second-order valence-electron chi connectivity index (χ2n) is 26.8. The Labute approximate surface area is 556 Å². The van der Waals surface area contributed by atoms with Gasteiger partial charge in [0, 0.05) is 19.8 Å². The summed E-state index contributed by atoms with van der Waals surface area (Å²) < 4.78 is 34.8. The summed E-state index contributed by atoms with van der Waals surface area (Å²) in [5.41, 5.74) is 0. The number of rotatable bonds is 56. The van der Waals surface area contributed by atoms with Crippen molar-refractivity contribution in [3.8, 4) is 0 Å². The number of carboxylic acids is 1. The summed E-state index contributed by atoms with van der Waals surface area (Å²) in [6.07, 6.45) is 21.0. The van der Waals surface area contributed by atoms with Crippen LogP contribution < -0.4 is 10.6 Å². The molecule has 0 aliphatic carbocycles. The summed E-state index contributed by atoms with van der Waals surface area (Å²) in [5, 5.41) is 136. The number of carbonyl (C=O) groups is 3. The number of hydrogen-bond donors (Lipinski definition) is 14. The molecule has 0 saturated carbocycles. The number of ether oxygens (including phenoxy) is 6. The highest BCUT2D eigenvalue weighted by Crippen LogP contribution is 2.39. The molecule has 2 amide bonds. The Morgan fingerprint density at radius 2 is 1.00 bits per heavy atom. The molecular formula is C70H130N2O21. The van der Waals surface area contributed by atoms with E-state index in [1.165, 1.54) is 186 Å². The highest BCUT2D eigenvalue weighted by Gasteiger charge is 2.60. The lowest BCUT2D eigenvalue weighted by Gasteiger charge is -2.50. The van der Waals surface area contributed by atoms with E-state index in [0.29, 0.717) is 12.8 Å². The van der Waals surface area contributed by atoms with Crippen LogP contribution in [0, 0.1) is 0 Å². The maximum atomic E-state index is 13.5. The molecule has 3 rings (SSSR count). The fourth-order valence-corrected chi connectivity index (χ4v) is 12.9. The van der Waals surface area contributed by atoms with Gasteiger partial charge in [-0.3, -0.25) is 9.59 Å². The molecule has 0 spiro atoms. The molecule has 93 heavy (non-hydrogen) atoms. The van der Waals surface area contributed by atoms with Crippen molar-refractivity contribution in [1.29, 1.82) is 0 Å². The Morgan fingerprint density at radius 1 is 0.559 bits per heavy atom. The predicted octanol–water partition coefficient (Wildman–Crippen LogP) is 7.46. The minimum Gasteiger partial charge on any atom is -0.477 e. The minimum absolute atomic E-state index is 0.205. The summed E-state index contributed by atoms with van der Waals surface area (Å²) >= 11 is 0. The number of carbonyl (C=O) groups excluding carboxylic acids is 2. The third-order valence-electron chi connectivity index (χ3n) is 18.7. The summed E-state index contributed by atoms with van der Waals surface area (Å²) in [6.45, 7) is 2.17. The number of nitrogens with one attached hydrogen (secondary N) is 2. The highest BCUT2D eigenvalue weighted by atomic mass is 16.8. The number of carboxylic acid groups (broad SMARTS) is 1. The van der Waals surface area contributed by atoms with Gasteiger partial charge in [0.1, 0.15) is 67.1 Å². The van der Waals surface area contributed by atoms with Crippen LogP contribution in [0.5, 0.6) is 0 Å². The molecule has 14 N–H and O–H groups in total. The third kappa shape index (κ3) is 32.8. The number of unbranched alkanes of at least 4 members (excludes halogenated alkanes) is 36. The van der Waals surface area contributed by atoms with Gasteiger partial charge >= 0.3 is 5.97 Å². The average molecular weight is 1340 g/mol. The summed E-state index contributed by atoms with van der Waals surface area (Å²) in [4.78, 5) is 38.6. The summed E-state index contributed by atoms with van der Waals surface area (Å²) in [5.74, 6) is -6.13. The molecule has 0 radical (unpaired) electrons. The molecule has 0 aromatic carbocycles. The third-order valence-corrected chi connectivity index (χ3v) is 18.7. The van der Waals surface area contributed by atoms with Gasteiger partial charge in [-0.2, -0.15) is 0 Å². The minimum atomic E-state index is -3.08. The molecule has 18 unspecified atom stereocenters. The second-order valence-corrected chi connectivity index (χ2v) is 26.8. The number of hydrogen-bond acceptors (Lipinski definition) is 20.